The van der Waals surface area contributed by atoms with Crippen LogP contribution in [-0.4, -0.2) is 28.8 Å². The zero-order chi connectivity index (χ0) is 21.6. The van der Waals surface area contributed by atoms with Gasteiger partial charge in [0.2, 0.25) is 11.8 Å². The largest absolute Gasteiger partial charge is 0.352 e. The van der Waals surface area contributed by atoms with Gasteiger partial charge in [0.1, 0.15) is 11.9 Å². The Morgan fingerprint density at radius 3 is 2.41 bits per heavy atom. The smallest absolute Gasteiger partial charge is 0.242 e. The van der Waals surface area contributed by atoms with E-state index in [1.54, 1.807) is 43.3 Å². The maximum absolute atomic E-state index is 14.0. The lowest BCUT2D eigenvalue weighted by atomic mass is 10.1. The number of hydrogen-bond acceptors (Lipinski definition) is 2. The average molecular weight is 439 g/mol. The quantitative estimate of drug-likeness (QED) is 0.629. The first-order valence-electron chi connectivity index (χ1n) is 9.50. The van der Waals surface area contributed by atoms with Gasteiger partial charge in [0.05, 0.1) is 6.42 Å². The minimum atomic E-state index is -0.755. The van der Waals surface area contributed by atoms with Crippen LogP contribution in [0.1, 0.15) is 38.3 Å². The van der Waals surface area contributed by atoms with Crippen molar-refractivity contribution in [3.8, 4) is 0 Å². The molecule has 0 unspecified atom stereocenters. The molecule has 156 valence electrons. The van der Waals surface area contributed by atoms with Crippen LogP contribution in [0.3, 0.4) is 0 Å². The molecular weight excluding hydrogens is 414 g/mol. The van der Waals surface area contributed by atoms with Gasteiger partial charge in [0.25, 0.3) is 0 Å². The van der Waals surface area contributed by atoms with Gasteiger partial charge in [-0.05, 0) is 49.6 Å². The summed E-state index contributed by atoms with van der Waals surface area (Å²) in [5.41, 5.74) is 0.931. The Hall–Kier alpha value is -2.11. The van der Waals surface area contributed by atoms with Crippen molar-refractivity contribution in [2.75, 3.05) is 0 Å². The Kier molecular flexibility index (Phi) is 8.47. The van der Waals surface area contributed by atoms with Crippen molar-refractivity contribution >= 4 is 35.0 Å². The van der Waals surface area contributed by atoms with E-state index in [4.69, 9.17) is 23.2 Å². The number of nitrogens with zero attached hydrogens (tertiary/aromatic N) is 1. The molecule has 0 aliphatic rings. The maximum atomic E-state index is 14.0. The fraction of sp³-hybridized carbons (Fsp3) is 0.364. The normalized spacial score (nSPS) is 12.9. The summed E-state index contributed by atoms with van der Waals surface area (Å²) in [6, 6.07) is 10.3. The zero-order valence-corrected chi connectivity index (χ0v) is 18.2. The van der Waals surface area contributed by atoms with Gasteiger partial charge in [0, 0.05) is 22.6 Å². The van der Waals surface area contributed by atoms with Crippen molar-refractivity contribution in [1.29, 1.82) is 0 Å². The molecule has 0 saturated heterocycles. The lowest BCUT2D eigenvalue weighted by molar-refractivity contribution is -0.140. The first-order chi connectivity index (χ1) is 13.7. The van der Waals surface area contributed by atoms with Crippen LogP contribution in [0.5, 0.6) is 0 Å². The predicted molar refractivity (Wildman–Crippen MR) is 114 cm³/mol. The van der Waals surface area contributed by atoms with Crippen molar-refractivity contribution in [3.63, 3.8) is 0 Å². The third-order valence-electron chi connectivity index (χ3n) is 4.82. The molecule has 2 amide bonds. The highest BCUT2D eigenvalue weighted by Crippen LogP contribution is 2.24. The molecule has 0 spiro atoms. The number of benzene rings is 2. The molecule has 0 aliphatic heterocycles. The standard InChI is InChI=1S/C22H25Cl2FN2O2/c1-4-14(2)26-22(29)15(3)27(13-17-9-10-18(23)12-19(17)24)21(28)11-16-7-5-6-8-20(16)25/h5-10,12,14-15H,4,11,13H2,1-3H3,(H,26,29)/t14-,15-/m0/s1. The Morgan fingerprint density at radius 1 is 1.10 bits per heavy atom. The second-order valence-corrected chi connectivity index (χ2v) is 7.86. The van der Waals surface area contributed by atoms with Crippen LogP contribution >= 0.6 is 23.2 Å². The van der Waals surface area contributed by atoms with Crippen molar-refractivity contribution in [2.45, 2.75) is 52.2 Å². The molecule has 2 aromatic carbocycles. The number of amides is 2. The van der Waals surface area contributed by atoms with Crippen molar-refractivity contribution < 1.29 is 14.0 Å². The Morgan fingerprint density at radius 2 is 1.79 bits per heavy atom. The van der Waals surface area contributed by atoms with Crippen LogP contribution < -0.4 is 5.32 Å². The number of hydrogen-bond donors (Lipinski definition) is 1. The van der Waals surface area contributed by atoms with Crippen LogP contribution in [0, 0.1) is 5.82 Å². The number of rotatable bonds is 8. The molecular formula is C22H25Cl2FN2O2. The Balaban J connectivity index is 2.29. The minimum absolute atomic E-state index is 0.0208. The van der Waals surface area contributed by atoms with E-state index < -0.39 is 11.9 Å². The monoisotopic (exact) mass is 438 g/mol. The first-order valence-corrected chi connectivity index (χ1v) is 10.3. The summed E-state index contributed by atoms with van der Waals surface area (Å²) in [6.07, 6.45) is 0.615. The lowest BCUT2D eigenvalue weighted by Gasteiger charge is -2.30. The summed E-state index contributed by atoms with van der Waals surface area (Å²) in [6.45, 7) is 5.62. The van der Waals surface area contributed by atoms with Crippen molar-refractivity contribution in [3.05, 3.63) is 69.5 Å². The van der Waals surface area contributed by atoms with Gasteiger partial charge in [-0.3, -0.25) is 9.59 Å². The molecule has 4 nitrogen and oxygen atoms in total. The van der Waals surface area contributed by atoms with Crippen LogP contribution in [0.15, 0.2) is 42.5 Å². The minimum Gasteiger partial charge on any atom is -0.352 e. The average Bonchev–Trinajstić information content (AvgIpc) is 2.68. The molecule has 7 heteroatoms. The highest BCUT2D eigenvalue weighted by atomic mass is 35.5. The summed E-state index contributed by atoms with van der Waals surface area (Å²) >= 11 is 12.2. The molecule has 29 heavy (non-hydrogen) atoms. The SMILES string of the molecule is CC[C@H](C)NC(=O)[C@H](C)N(Cc1ccc(Cl)cc1Cl)C(=O)Cc1ccccc1F. The summed E-state index contributed by atoms with van der Waals surface area (Å²) in [5, 5.41) is 3.76. The van der Waals surface area contributed by atoms with E-state index in [1.165, 1.54) is 11.0 Å². The van der Waals surface area contributed by atoms with Gasteiger partial charge in [-0.25, -0.2) is 4.39 Å². The fourth-order valence-electron chi connectivity index (χ4n) is 2.79. The maximum Gasteiger partial charge on any atom is 0.242 e. The van der Waals surface area contributed by atoms with Gasteiger partial charge in [0.15, 0.2) is 0 Å². The van der Waals surface area contributed by atoms with Crippen LogP contribution in [0.25, 0.3) is 0 Å². The van der Waals surface area contributed by atoms with Gasteiger partial charge in [-0.2, -0.15) is 0 Å². The van der Waals surface area contributed by atoms with E-state index in [9.17, 15) is 14.0 Å². The third kappa shape index (κ3) is 6.44. The van der Waals surface area contributed by atoms with Crippen LogP contribution in [-0.2, 0) is 22.6 Å². The van der Waals surface area contributed by atoms with Crippen LogP contribution in [0.2, 0.25) is 10.0 Å². The van der Waals surface area contributed by atoms with Gasteiger partial charge in [-0.1, -0.05) is 54.4 Å². The van der Waals surface area contributed by atoms with E-state index in [0.717, 1.165) is 6.42 Å². The summed E-state index contributed by atoms with van der Waals surface area (Å²) < 4.78 is 14.0. The third-order valence-corrected chi connectivity index (χ3v) is 5.41. The zero-order valence-electron chi connectivity index (χ0n) is 16.7. The molecule has 2 aromatic rings. The van der Waals surface area contributed by atoms with Gasteiger partial charge < -0.3 is 10.2 Å². The molecule has 2 atom stereocenters. The van der Waals surface area contributed by atoms with E-state index in [0.29, 0.717) is 15.6 Å². The number of halogens is 3. The van der Waals surface area contributed by atoms with Crippen molar-refractivity contribution in [2.24, 2.45) is 0 Å². The summed E-state index contributed by atoms with van der Waals surface area (Å²) in [5.74, 6) is -1.10. The van der Waals surface area contributed by atoms with Crippen LogP contribution in [0.4, 0.5) is 4.39 Å². The highest BCUT2D eigenvalue weighted by molar-refractivity contribution is 6.35. The fourth-order valence-corrected chi connectivity index (χ4v) is 3.26. The Bertz CT molecular complexity index is 876. The molecule has 2 rings (SSSR count). The van der Waals surface area contributed by atoms with Gasteiger partial charge >= 0.3 is 0 Å². The molecule has 0 saturated carbocycles. The predicted octanol–water partition coefficient (Wildman–Crippen LogP) is 5.01. The number of carbonyl (C=O) groups excluding carboxylic acids is 2. The van der Waals surface area contributed by atoms with Gasteiger partial charge in [-0.15, -0.1) is 0 Å². The molecule has 0 heterocycles. The topological polar surface area (TPSA) is 49.4 Å². The summed E-state index contributed by atoms with van der Waals surface area (Å²) in [4.78, 5) is 27.1. The molecule has 0 radical (unpaired) electrons. The molecule has 0 aliphatic carbocycles. The van der Waals surface area contributed by atoms with E-state index in [-0.39, 0.29) is 36.4 Å². The second kappa shape index (κ2) is 10.6. The van der Waals surface area contributed by atoms with E-state index in [2.05, 4.69) is 5.32 Å². The van der Waals surface area contributed by atoms with E-state index >= 15 is 0 Å². The number of nitrogens with one attached hydrogen (secondary N) is 1. The Labute approximate surface area is 181 Å². The molecule has 0 fully saturated rings. The lowest BCUT2D eigenvalue weighted by Crippen LogP contribution is -2.50. The second-order valence-electron chi connectivity index (χ2n) is 7.02. The highest BCUT2D eigenvalue weighted by Gasteiger charge is 2.27. The summed E-state index contributed by atoms with van der Waals surface area (Å²) in [7, 11) is 0. The first kappa shape index (κ1) is 23.2. The van der Waals surface area contributed by atoms with E-state index in [1.807, 2.05) is 13.8 Å². The molecule has 0 bridgehead atoms. The molecule has 1 N–H and O–H groups in total. The van der Waals surface area contributed by atoms with Crippen molar-refractivity contribution in [1.82, 2.24) is 10.2 Å². The molecule has 0 aromatic heterocycles. The number of carbonyl (C=O) groups is 2.